The first-order valence-electron chi connectivity index (χ1n) is 7.66. The van der Waals surface area contributed by atoms with Crippen molar-refractivity contribution < 1.29 is 9.53 Å². The number of hydrogen-bond donors (Lipinski definition) is 0. The zero-order valence-corrected chi connectivity index (χ0v) is 12.2. The van der Waals surface area contributed by atoms with Crippen molar-refractivity contribution in [1.29, 1.82) is 0 Å². The Bertz CT molecular complexity index is 467. The van der Waals surface area contributed by atoms with Gasteiger partial charge in [0.2, 0.25) is 0 Å². The van der Waals surface area contributed by atoms with E-state index in [2.05, 4.69) is 35.2 Å². The van der Waals surface area contributed by atoms with Crippen LogP contribution in [0, 0.1) is 11.3 Å². The molecule has 0 radical (unpaired) electrons. The van der Waals surface area contributed by atoms with Crippen LogP contribution in [0.15, 0.2) is 30.3 Å². The number of nitrogens with zero attached hydrogens (tertiary/aromatic N) is 1. The van der Waals surface area contributed by atoms with Gasteiger partial charge < -0.3 is 4.74 Å². The minimum absolute atomic E-state index is 0.0318. The van der Waals surface area contributed by atoms with E-state index in [-0.39, 0.29) is 17.3 Å². The molecule has 3 rings (SSSR count). The first-order valence-corrected chi connectivity index (χ1v) is 7.66. The Balaban J connectivity index is 1.62. The van der Waals surface area contributed by atoms with E-state index >= 15 is 0 Å². The summed E-state index contributed by atoms with van der Waals surface area (Å²) >= 11 is 0. The summed E-state index contributed by atoms with van der Waals surface area (Å²) in [4.78, 5) is 14.6. The Labute approximate surface area is 120 Å². The lowest BCUT2D eigenvalue weighted by Gasteiger charge is -2.37. The van der Waals surface area contributed by atoms with Gasteiger partial charge in [-0.2, -0.15) is 0 Å². The van der Waals surface area contributed by atoms with Gasteiger partial charge in [0.25, 0.3) is 0 Å². The Morgan fingerprint density at radius 3 is 2.75 bits per heavy atom. The highest BCUT2D eigenvalue weighted by atomic mass is 16.5. The maximum atomic E-state index is 12.1. The van der Waals surface area contributed by atoms with Crippen molar-refractivity contribution in [1.82, 2.24) is 4.90 Å². The van der Waals surface area contributed by atoms with Crippen LogP contribution in [-0.2, 0) is 16.1 Å². The first-order chi connectivity index (χ1) is 9.73. The van der Waals surface area contributed by atoms with E-state index in [4.69, 9.17) is 4.74 Å². The summed E-state index contributed by atoms with van der Waals surface area (Å²) in [6.07, 6.45) is 3.31. The third-order valence-electron chi connectivity index (χ3n) is 4.72. The summed E-state index contributed by atoms with van der Waals surface area (Å²) in [5.41, 5.74) is 1.58. The Kier molecular flexibility index (Phi) is 3.79. The van der Waals surface area contributed by atoms with Crippen molar-refractivity contribution in [3.05, 3.63) is 35.9 Å². The van der Waals surface area contributed by atoms with Crippen LogP contribution in [0.5, 0.6) is 0 Å². The minimum Gasteiger partial charge on any atom is -0.466 e. The standard InChI is InChI=1S/C17H23NO2/c1-2-20-16(19)15-8-11-18(13-17(15)9-10-17)12-14-6-4-3-5-7-14/h3-7,15H,2,8-13H2,1H3. The fourth-order valence-corrected chi connectivity index (χ4v) is 3.51. The van der Waals surface area contributed by atoms with Crippen molar-refractivity contribution in [2.75, 3.05) is 19.7 Å². The summed E-state index contributed by atoms with van der Waals surface area (Å²) < 4.78 is 5.25. The van der Waals surface area contributed by atoms with E-state index < -0.39 is 0 Å². The maximum absolute atomic E-state index is 12.1. The molecule has 1 saturated heterocycles. The molecule has 1 saturated carbocycles. The van der Waals surface area contributed by atoms with Gasteiger partial charge in [0, 0.05) is 13.1 Å². The van der Waals surface area contributed by atoms with Gasteiger partial charge in [-0.25, -0.2) is 0 Å². The molecule has 1 spiro atoms. The van der Waals surface area contributed by atoms with E-state index in [1.54, 1.807) is 0 Å². The van der Waals surface area contributed by atoms with Gasteiger partial charge in [-0.15, -0.1) is 0 Å². The van der Waals surface area contributed by atoms with Gasteiger partial charge in [0.05, 0.1) is 12.5 Å². The second-order valence-corrected chi connectivity index (χ2v) is 6.15. The van der Waals surface area contributed by atoms with Gasteiger partial charge in [-0.3, -0.25) is 9.69 Å². The van der Waals surface area contributed by atoms with Crippen molar-refractivity contribution in [3.63, 3.8) is 0 Å². The van der Waals surface area contributed by atoms with Crippen LogP contribution in [0.25, 0.3) is 0 Å². The van der Waals surface area contributed by atoms with Crippen molar-refractivity contribution in [3.8, 4) is 0 Å². The monoisotopic (exact) mass is 273 g/mol. The lowest BCUT2D eigenvalue weighted by Crippen LogP contribution is -2.44. The number of ether oxygens (including phenoxy) is 1. The second-order valence-electron chi connectivity index (χ2n) is 6.15. The Hall–Kier alpha value is -1.35. The fourth-order valence-electron chi connectivity index (χ4n) is 3.51. The first kappa shape index (κ1) is 13.6. The zero-order valence-electron chi connectivity index (χ0n) is 12.2. The molecule has 0 N–H and O–H groups in total. The molecule has 108 valence electrons. The molecule has 1 atom stereocenters. The highest BCUT2D eigenvalue weighted by Gasteiger charge is 2.55. The molecular formula is C17H23NO2. The van der Waals surface area contributed by atoms with Crippen molar-refractivity contribution in [2.24, 2.45) is 11.3 Å². The highest BCUT2D eigenvalue weighted by Crippen LogP contribution is 2.56. The number of benzene rings is 1. The van der Waals surface area contributed by atoms with E-state index in [1.165, 1.54) is 18.4 Å². The average Bonchev–Trinajstić information content (AvgIpc) is 3.20. The molecule has 2 aliphatic rings. The van der Waals surface area contributed by atoms with Gasteiger partial charge in [0.15, 0.2) is 0 Å². The molecule has 0 bridgehead atoms. The van der Waals surface area contributed by atoms with Crippen LogP contribution in [-0.4, -0.2) is 30.6 Å². The Morgan fingerprint density at radius 2 is 2.10 bits per heavy atom. The number of likely N-dealkylation sites (tertiary alicyclic amines) is 1. The molecule has 1 aliphatic heterocycles. The zero-order chi connectivity index (χ0) is 14.0. The maximum Gasteiger partial charge on any atom is 0.309 e. The van der Waals surface area contributed by atoms with Gasteiger partial charge in [0.1, 0.15) is 0 Å². The van der Waals surface area contributed by atoms with Crippen molar-refractivity contribution >= 4 is 5.97 Å². The van der Waals surface area contributed by atoms with Gasteiger partial charge >= 0.3 is 5.97 Å². The number of esters is 1. The quantitative estimate of drug-likeness (QED) is 0.790. The van der Waals surface area contributed by atoms with Crippen molar-refractivity contribution in [2.45, 2.75) is 32.7 Å². The molecule has 1 aromatic carbocycles. The third kappa shape index (κ3) is 2.73. The largest absolute Gasteiger partial charge is 0.466 e. The Morgan fingerprint density at radius 1 is 1.35 bits per heavy atom. The predicted octanol–water partition coefficient (Wildman–Crippen LogP) is 2.85. The SMILES string of the molecule is CCOC(=O)C1CCN(Cc2ccccc2)CC12CC2. The lowest BCUT2D eigenvalue weighted by molar-refractivity contribution is -0.153. The van der Waals surface area contributed by atoms with E-state index in [1.807, 2.05) is 6.92 Å². The number of piperidine rings is 1. The van der Waals surface area contributed by atoms with Crippen LogP contribution in [0.4, 0.5) is 0 Å². The highest BCUT2D eigenvalue weighted by molar-refractivity contribution is 5.74. The third-order valence-corrected chi connectivity index (χ3v) is 4.72. The van der Waals surface area contributed by atoms with Crippen LogP contribution < -0.4 is 0 Å². The molecule has 2 fully saturated rings. The summed E-state index contributed by atoms with van der Waals surface area (Å²) in [5, 5.41) is 0. The number of hydrogen-bond acceptors (Lipinski definition) is 3. The van der Waals surface area contributed by atoms with E-state index in [0.29, 0.717) is 6.61 Å². The molecule has 0 amide bonds. The molecule has 0 aromatic heterocycles. The van der Waals surface area contributed by atoms with E-state index in [9.17, 15) is 4.79 Å². The van der Waals surface area contributed by atoms with Crippen LogP contribution in [0.3, 0.4) is 0 Å². The molecule has 1 unspecified atom stereocenters. The van der Waals surface area contributed by atoms with Crippen LogP contribution in [0.2, 0.25) is 0 Å². The molecule has 1 aromatic rings. The van der Waals surface area contributed by atoms with Gasteiger partial charge in [-0.05, 0) is 43.7 Å². The molecule has 1 heterocycles. The fraction of sp³-hybridized carbons (Fsp3) is 0.588. The molecule has 1 aliphatic carbocycles. The summed E-state index contributed by atoms with van der Waals surface area (Å²) in [7, 11) is 0. The number of carbonyl (C=O) groups excluding carboxylic acids is 1. The summed E-state index contributed by atoms with van der Waals surface area (Å²) in [5.74, 6) is 0.166. The molecular weight excluding hydrogens is 250 g/mol. The normalized spacial score (nSPS) is 24.6. The van der Waals surface area contributed by atoms with Crippen LogP contribution >= 0.6 is 0 Å². The summed E-state index contributed by atoms with van der Waals surface area (Å²) in [6, 6.07) is 10.6. The predicted molar refractivity (Wildman–Crippen MR) is 78.1 cm³/mol. The molecule has 3 heteroatoms. The molecule has 20 heavy (non-hydrogen) atoms. The van der Waals surface area contributed by atoms with Crippen LogP contribution in [0.1, 0.15) is 31.7 Å². The minimum atomic E-state index is 0.0318. The summed E-state index contributed by atoms with van der Waals surface area (Å²) in [6.45, 7) is 5.44. The topological polar surface area (TPSA) is 29.5 Å². The van der Waals surface area contributed by atoms with E-state index in [0.717, 1.165) is 26.1 Å². The smallest absolute Gasteiger partial charge is 0.309 e. The molecule has 3 nitrogen and oxygen atoms in total. The van der Waals surface area contributed by atoms with Gasteiger partial charge in [-0.1, -0.05) is 30.3 Å². The number of rotatable bonds is 4. The number of carbonyl (C=O) groups is 1. The average molecular weight is 273 g/mol. The lowest BCUT2D eigenvalue weighted by atomic mass is 9.82. The second kappa shape index (κ2) is 5.57.